The van der Waals surface area contributed by atoms with Gasteiger partial charge in [-0.25, -0.2) is 18.6 Å². The number of halogens is 2. The number of aryl methyl sites for hydroxylation is 1. The Morgan fingerprint density at radius 1 is 1.03 bits per heavy atom. The van der Waals surface area contributed by atoms with Crippen LogP contribution in [0.2, 0.25) is 0 Å². The van der Waals surface area contributed by atoms with E-state index in [-0.39, 0.29) is 11.6 Å². The molecule has 168 valence electrons. The Morgan fingerprint density at radius 3 is 2.42 bits per heavy atom. The molecule has 1 N–H and O–H groups in total. The van der Waals surface area contributed by atoms with Gasteiger partial charge in [0, 0.05) is 35.7 Å². The number of methoxy groups -OCH3 is 1. The molecule has 0 spiro atoms. The first-order valence-corrected chi connectivity index (χ1v) is 9.94. The number of nitrogens with one attached hydrogen (secondary N) is 1. The zero-order valence-corrected chi connectivity index (χ0v) is 18.1. The molecule has 2 amide bonds. The summed E-state index contributed by atoms with van der Waals surface area (Å²) < 4.78 is 33.3. The Morgan fingerprint density at radius 2 is 1.76 bits per heavy atom. The molecule has 0 saturated carbocycles. The van der Waals surface area contributed by atoms with Crippen molar-refractivity contribution < 1.29 is 23.1 Å². The lowest BCUT2D eigenvalue weighted by Crippen LogP contribution is -2.26. The van der Waals surface area contributed by atoms with E-state index in [0.717, 1.165) is 28.9 Å². The minimum Gasteiger partial charge on any atom is -0.453 e. The van der Waals surface area contributed by atoms with Crippen LogP contribution in [-0.2, 0) is 4.74 Å². The van der Waals surface area contributed by atoms with Gasteiger partial charge in [0.25, 0.3) is 5.91 Å². The summed E-state index contributed by atoms with van der Waals surface area (Å²) in [5.74, 6) is -2.38. The molecule has 9 heteroatoms. The van der Waals surface area contributed by atoms with Crippen LogP contribution in [0.4, 0.5) is 25.0 Å². The molecule has 0 atom stereocenters. The lowest BCUT2D eigenvalue weighted by atomic mass is 10.1. The predicted molar refractivity (Wildman–Crippen MR) is 121 cm³/mol. The Balaban J connectivity index is 1.69. The van der Waals surface area contributed by atoms with Crippen LogP contribution in [0.5, 0.6) is 0 Å². The molecule has 4 rings (SSSR count). The zero-order valence-electron chi connectivity index (χ0n) is 18.1. The molecule has 0 aliphatic rings. The summed E-state index contributed by atoms with van der Waals surface area (Å²) in [5.41, 5.74) is 4.15. The van der Waals surface area contributed by atoms with Crippen LogP contribution < -0.4 is 10.2 Å². The van der Waals surface area contributed by atoms with Crippen molar-refractivity contribution in [3.8, 4) is 5.69 Å². The molecule has 0 aliphatic carbocycles. The number of carbonyl (C=O) groups is 2. The Kier molecular flexibility index (Phi) is 5.78. The lowest BCUT2D eigenvalue weighted by Gasteiger charge is -2.18. The fourth-order valence-electron chi connectivity index (χ4n) is 3.50. The number of fused-ring (bicyclic) bond motifs is 1. The number of imidazole rings is 1. The van der Waals surface area contributed by atoms with E-state index in [1.165, 1.54) is 25.1 Å². The summed E-state index contributed by atoms with van der Waals surface area (Å²) in [5, 5.41) is 2.58. The van der Waals surface area contributed by atoms with Crippen molar-refractivity contribution in [2.24, 2.45) is 0 Å². The minimum absolute atomic E-state index is 0.235. The standard InChI is InChI=1S/C24H20F2N4O3/c1-14-10-15(23(31)29(2)18-8-9-19(25)20(26)12-18)11-21-22(14)27-13-30(21)17-6-4-16(5-7-17)28-24(32)33-3/h4-13H,1-3H3,(H,28,32). The van der Waals surface area contributed by atoms with Gasteiger partial charge in [0.2, 0.25) is 0 Å². The largest absolute Gasteiger partial charge is 0.453 e. The maximum atomic E-state index is 13.6. The summed E-state index contributed by atoms with van der Waals surface area (Å²) in [6.07, 6.45) is 1.08. The zero-order chi connectivity index (χ0) is 23.7. The van der Waals surface area contributed by atoms with Crippen LogP contribution in [0.3, 0.4) is 0 Å². The smallest absolute Gasteiger partial charge is 0.411 e. The van der Waals surface area contributed by atoms with E-state index in [9.17, 15) is 18.4 Å². The minimum atomic E-state index is -1.03. The highest BCUT2D eigenvalue weighted by Gasteiger charge is 2.18. The van der Waals surface area contributed by atoms with Gasteiger partial charge in [0.1, 0.15) is 6.33 Å². The van der Waals surface area contributed by atoms with E-state index in [1.807, 2.05) is 11.5 Å². The molecule has 1 heterocycles. The average Bonchev–Trinajstić information content (AvgIpc) is 3.25. The molecule has 0 aliphatic heterocycles. The fourth-order valence-corrected chi connectivity index (χ4v) is 3.50. The maximum absolute atomic E-state index is 13.6. The van der Waals surface area contributed by atoms with Crippen LogP contribution >= 0.6 is 0 Å². The number of rotatable bonds is 4. The van der Waals surface area contributed by atoms with Gasteiger partial charge in [0.05, 0.1) is 18.1 Å². The summed E-state index contributed by atoms with van der Waals surface area (Å²) in [4.78, 5) is 30.2. The van der Waals surface area contributed by atoms with Gasteiger partial charge in [-0.3, -0.25) is 14.7 Å². The van der Waals surface area contributed by atoms with Crippen molar-refractivity contribution in [2.75, 3.05) is 24.4 Å². The highest BCUT2D eigenvalue weighted by Crippen LogP contribution is 2.26. The van der Waals surface area contributed by atoms with Crippen LogP contribution in [0, 0.1) is 18.6 Å². The van der Waals surface area contributed by atoms with Crippen LogP contribution in [0.15, 0.2) is 60.9 Å². The molecule has 33 heavy (non-hydrogen) atoms. The van der Waals surface area contributed by atoms with Crippen molar-refractivity contribution in [1.29, 1.82) is 0 Å². The molecule has 3 aromatic carbocycles. The second-order valence-electron chi connectivity index (χ2n) is 7.40. The van der Waals surface area contributed by atoms with Crippen LogP contribution in [0.1, 0.15) is 15.9 Å². The van der Waals surface area contributed by atoms with Gasteiger partial charge in [-0.05, 0) is 61.0 Å². The highest BCUT2D eigenvalue weighted by molar-refractivity contribution is 6.07. The average molecular weight is 450 g/mol. The molecule has 0 fully saturated rings. The Bertz CT molecular complexity index is 1370. The van der Waals surface area contributed by atoms with E-state index < -0.39 is 17.7 Å². The van der Waals surface area contributed by atoms with Crippen molar-refractivity contribution in [2.45, 2.75) is 6.92 Å². The highest BCUT2D eigenvalue weighted by atomic mass is 19.2. The first kappa shape index (κ1) is 21.9. The molecular weight excluding hydrogens is 430 g/mol. The van der Waals surface area contributed by atoms with Gasteiger partial charge >= 0.3 is 6.09 Å². The molecule has 0 bridgehead atoms. The SMILES string of the molecule is COC(=O)Nc1ccc(-n2cnc3c(C)cc(C(=O)N(C)c4ccc(F)c(F)c4)cc32)cc1. The van der Waals surface area contributed by atoms with E-state index >= 15 is 0 Å². The number of aromatic nitrogens is 2. The van der Waals surface area contributed by atoms with Gasteiger partial charge in [0.15, 0.2) is 11.6 Å². The fraction of sp³-hybridized carbons (Fsp3) is 0.125. The summed E-state index contributed by atoms with van der Waals surface area (Å²) in [6, 6.07) is 13.7. The second-order valence-corrected chi connectivity index (χ2v) is 7.40. The van der Waals surface area contributed by atoms with E-state index in [0.29, 0.717) is 16.8 Å². The van der Waals surface area contributed by atoms with Crippen LogP contribution in [-0.4, -0.2) is 35.7 Å². The number of ether oxygens (including phenoxy) is 1. The van der Waals surface area contributed by atoms with E-state index in [1.54, 1.807) is 42.7 Å². The van der Waals surface area contributed by atoms with Gasteiger partial charge in [-0.15, -0.1) is 0 Å². The summed E-state index contributed by atoms with van der Waals surface area (Å²) >= 11 is 0. The topological polar surface area (TPSA) is 76.5 Å². The van der Waals surface area contributed by atoms with E-state index in [4.69, 9.17) is 0 Å². The third-order valence-corrected chi connectivity index (χ3v) is 5.26. The number of amides is 2. The third kappa shape index (κ3) is 4.25. The number of anilines is 2. The molecular formula is C24H20F2N4O3. The first-order chi connectivity index (χ1) is 15.8. The molecule has 1 aromatic heterocycles. The van der Waals surface area contributed by atoms with Gasteiger partial charge in [-0.2, -0.15) is 0 Å². The van der Waals surface area contributed by atoms with Crippen molar-refractivity contribution in [3.63, 3.8) is 0 Å². The van der Waals surface area contributed by atoms with E-state index in [2.05, 4.69) is 15.0 Å². The monoisotopic (exact) mass is 450 g/mol. The van der Waals surface area contributed by atoms with Crippen LogP contribution in [0.25, 0.3) is 16.7 Å². The molecule has 0 radical (unpaired) electrons. The van der Waals surface area contributed by atoms with Crippen molar-refractivity contribution >= 4 is 34.4 Å². The third-order valence-electron chi connectivity index (χ3n) is 5.26. The van der Waals surface area contributed by atoms with Crippen molar-refractivity contribution in [3.05, 3.63) is 83.7 Å². The number of nitrogens with zero attached hydrogens (tertiary/aromatic N) is 3. The normalized spacial score (nSPS) is 10.8. The lowest BCUT2D eigenvalue weighted by molar-refractivity contribution is 0.0993. The van der Waals surface area contributed by atoms with Gasteiger partial charge < -0.3 is 9.64 Å². The predicted octanol–water partition coefficient (Wildman–Crippen LogP) is 5.07. The summed E-state index contributed by atoms with van der Waals surface area (Å²) in [6.45, 7) is 1.84. The number of hydrogen-bond donors (Lipinski definition) is 1. The quantitative estimate of drug-likeness (QED) is 0.471. The number of hydrogen-bond acceptors (Lipinski definition) is 4. The molecule has 7 nitrogen and oxygen atoms in total. The number of carbonyl (C=O) groups excluding carboxylic acids is 2. The number of benzene rings is 3. The van der Waals surface area contributed by atoms with Crippen molar-refractivity contribution in [1.82, 2.24) is 9.55 Å². The summed E-state index contributed by atoms with van der Waals surface area (Å²) in [7, 11) is 2.78. The second kappa shape index (κ2) is 8.70. The Hall–Kier alpha value is -4.27. The maximum Gasteiger partial charge on any atom is 0.411 e. The molecule has 0 unspecified atom stereocenters. The Labute approximate surface area is 188 Å². The van der Waals surface area contributed by atoms with Gasteiger partial charge in [-0.1, -0.05) is 0 Å². The molecule has 4 aromatic rings. The molecule has 0 saturated heterocycles. The first-order valence-electron chi connectivity index (χ1n) is 9.94.